The van der Waals surface area contributed by atoms with Gasteiger partial charge in [0, 0.05) is 12.8 Å². The maximum absolute atomic E-state index is 12.5. The van der Waals surface area contributed by atoms with Gasteiger partial charge in [-0.2, -0.15) is 0 Å². The van der Waals surface area contributed by atoms with E-state index in [0.717, 1.165) is 38.5 Å². The first-order valence-electron chi connectivity index (χ1n) is 18.6. The Morgan fingerprint density at radius 1 is 0.617 bits per heavy atom. The SMILES string of the molecule is CCCCCCCCCCC/C=C/CCCCC(=O)O[C@H](COC(=O)CCCCCCCCCCC)COP(=O)(O)OC[C@@H](O)CO. The summed E-state index contributed by atoms with van der Waals surface area (Å²) in [4.78, 5) is 34.7. The number of phosphoric acid groups is 1. The summed E-state index contributed by atoms with van der Waals surface area (Å²) < 4.78 is 32.5. The van der Waals surface area contributed by atoms with Crippen LogP contribution in [-0.2, 0) is 32.7 Å². The zero-order valence-corrected chi connectivity index (χ0v) is 30.6. The molecular weight excluding hydrogens is 623 g/mol. The maximum atomic E-state index is 12.5. The Morgan fingerprint density at radius 3 is 1.57 bits per heavy atom. The molecule has 0 radical (unpaired) electrons. The molecule has 0 rings (SSSR count). The van der Waals surface area contributed by atoms with Gasteiger partial charge in [-0.15, -0.1) is 0 Å². The van der Waals surface area contributed by atoms with Gasteiger partial charge in [0.15, 0.2) is 6.10 Å². The van der Waals surface area contributed by atoms with Crippen molar-refractivity contribution in [1.82, 2.24) is 0 Å². The third-order valence-electron chi connectivity index (χ3n) is 7.92. The number of carbonyl (C=O) groups excluding carboxylic acids is 2. The largest absolute Gasteiger partial charge is 0.472 e. The first-order valence-corrected chi connectivity index (χ1v) is 20.1. The maximum Gasteiger partial charge on any atom is 0.472 e. The molecule has 0 fully saturated rings. The van der Waals surface area contributed by atoms with Crippen molar-refractivity contribution in [2.75, 3.05) is 26.4 Å². The Bertz CT molecular complexity index is 807. The van der Waals surface area contributed by atoms with Gasteiger partial charge in [-0.05, 0) is 38.5 Å². The molecule has 3 N–H and O–H groups in total. The van der Waals surface area contributed by atoms with E-state index >= 15 is 0 Å². The summed E-state index contributed by atoms with van der Waals surface area (Å²) >= 11 is 0. The summed E-state index contributed by atoms with van der Waals surface area (Å²) in [7, 11) is -4.61. The minimum atomic E-state index is -4.61. The molecule has 0 spiro atoms. The van der Waals surface area contributed by atoms with Crippen LogP contribution in [-0.4, -0.2) is 65.7 Å². The Morgan fingerprint density at radius 2 is 1.04 bits per heavy atom. The number of rotatable bonds is 35. The van der Waals surface area contributed by atoms with Gasteiger partial charge in [-0.3, -0.25) is 18.6 Å². The predicted molar refractivity (Wildman–Crippen MR) is 187 cm³/mol. The Kier molecular flexibility index (Phi) is 32.3. The summed E-state index contributed by atoms with van der Waals surface area (Å²) in [6, 6.07) is 0. The van der Waals surface area contributed by atoms with Crippen LogP contribution in [0.4, 0.5) is 0 Å². The summed E-state index contributed by atoms with van der Waals surface area (Å²) in [5.41, 5.74) is 0. The minimum absolute atomic E-state index is 0.158. The van der Waals surface area contributed by atoms with Crippen molar-refractivity contribution in [2.45, 2.75) is 180 Å². The van der Waals surface area contributed by atoms with E-state index in [1.807, 2.05) is 0 Å². The number of phosphoric ester groups is 1. The second-order valence-corrected chi connectivity index (χ2v) is 14.1. The van der Waals surface area contributed by atoms with E-state index < -0.39 is 51.8 Å². The van der Waals surface area contributed by atoms with Crippen molar-refractivity contribution in [1.29, 1.82) is 0 Å². The molecule has 3 atom stereocenters. The van der Waals surface area contributed by atoms with Crippen LogP contribution in [0.1, 0.15) is 168 Å². The van der Waals surface area contributed by atoms with Gasteiger partial charge in [-0.25, -0.2) is 4.57 Å². The lowest BCUT2D eigenvalue weighted by Crippen LogP contribution is -2.29. The zero-order chi connectivity index (χ0) is 34.9. The van der Waals surface area contributed by atoms with Gasteiger partial charge >= 0.3 is 19.8 Å². The van der Waals surface area contributed by atoms with E-state index in [2.05, 4.69) is 30.5 Å². The van der Waals surface area contributed by atoms with Crippen LogP contribution >= 0.6 is 7.82 Å². The number of ether oxygens (including phenoxy) is 2. The van der Waals surface area contributed by atoms with Crippen molar-refractivity contribution in [3.8, 4) is 0 Å². The molecule has 47 heavy (non-hydrogen) atoms. The zero-order valence-electron chi connectivity index (χ0n) is 29.8. The predicted octanol–water partition coefficient (Wildman–Crippen LogP) is 8.89. The van der Waals surface area contributed by atoms with E-state index in [0.29, 0.717) is 12.8 Å². The molecule has 278 valence electrons. The molecule has 0 aliphatic rings. The first-order chi connectivity index (χ1) is 22.7. The monoisotopic (exact) mass is 692 g/mol. The van der Waals surface area contributed by atoms with Crippen LogP contribution in [0, 0.1) is 0 Å². The second kappa shape index (κ2) is 33.2. The van der Waals surface area contributed by atoms with Crippen LogP contribution in [0.15, 0.2) is 12.2 Å². The lowest BCUT2D eigenvalue weighted by Gasteiger charge is -2.20. The van der Waals surface area contributed by atoms with E-state index in [1.54, 1.807) is 0 Å². The molecule has 0 aromatic heterocycles. The van der Waals surface area contributed by atoms with Gasteiger partial charge in [0.1, 0.15) is 12.7 Å². The molecule has 1 unspecified atom stereocenters. The molecule has 0 heterocycles. The number of unbranched alkanes of at least 4 members (excludes halogenated alkanes) is 19. The molecule has 10 nitrogen and oxygen atoms in total. The fraction of sp³-hybridized carbons (Fsp3) is 0.889. The van der Waals surface area contributed by atoms with Crippen LogP contribution in [0.5, 0.6) is 0 Å². The Balaban J connectivity index is 4.38. The van der Waals surface area contributed by atoms with Crippen LogP contribution in [0.3, 0.4) is 0 Å². The second-order valence-electron chi connectivity index (χ2n) is 12.6. The molecule has 0 saturated heterocycles. The smallest absolute Gasteiger partial charge is 0.462 e. The molecule has 0 aliphatic heterocycles. The average Bonchev–Trinajstić information content (AvgIpc) is 3.05. The molecule has 0 aliphatic carbocycles. The summed E-state index contributed by atoms with van der Waals surface area (Å²) in [6.45, 7) is 2.32. The van der Waals surface area contributed by atoms with Crippen molar-refractivity contribution in [2.24, 2.45) is 0 Å². The third kappa shape index (κ3) is 33.0. The number of hydrogen-bond donors (Lipinski definition) is 3. The quantitative estimate of drug-likeness (QED) is 0.0254. The van der Waals surface area contributed by atoms with Gasteiger partial charge in [0.05, 0.1) is 19.8 Å². The molecule has 11 heteroatoms. The molecule has 0 amide bonds. The topological polar surface area (TPSA) is 149 Å². The van der Waals surface area contributed by atoms with Gasteiger partial charge in [0.25, 0.3) is 0 Å². The van der Waals surface area contributed by atoms with Gasteiger partial charge < -0.3 is 24.6 Å². The lowest BCUT2D eigenvalue weighted by atomic mass is 10.1. The van der Waals surface area contributed by atoms with Crippen molar-refractivity contribution >= 4 is 19.8 Å². The van der Waals surface area contributed by atoms with E-state index in [-0.39, 0.29) is 19.4 Å². The van der Waals surface area contributed by atoms with Crippen molar-refractivity contribution in [3.05, 3.63) is 12.2 Å². The molecule has 0 aromatic carbocycles. The van der Waals surface area contributed by atoms with E-state index in [1.165, 1.54) is 89.9 Å². The number of aliphatic hydroxyl groups excluding tert-OH is 2. The molecule has 0 aromatic rings. The number of aliphatic hydroxyl groups is 2. The van der Waals surface area contributed by atoms with Crippen molar-refractivity contribution in [3.63, 3.8) is 0 Å². The summed E-state index contributed by atoms with van der Waals surface area (Å²) in [5.74, 6) is -0.950. The summed E-state index contributed by atoms with van der Waals surface area (Å²) in [6.07, 6.45) is 27.7. The highest BCUT2D eigenvalue weighted by Gasteiger charge is 2.27. The van der Waals surface area contributed by atoms with Crippen molar-refractivity contribution < 1.29 is 47.8 Å². The fourth-order valence-corrected chi connectivity index (χ4v) is 5.78. The highest BCUT2D eigenvalue weighted by atomic mass is 31.2. The Hall–Kier alpha value is -1.29. The first kappa shape index (κ1) is 45.7. The van der Waals surface area contributed by atoms with Crippen LogP contribution in [0.25, 0.3) is 0 Å². The summed E-state index contributed by atoms with van der Waals surface area (Å²) in [5, 5.41) is 18.2. The van der Waals surface area contributed by atoms with E-state index in [4.69, 9.17) is 19.1 Å². The van der Waals surface area contributed by atoms with E-state index in [9.17, 15) is 24.2 Å². The number of esters is 2. The van der Waals surface area contributed by atoms with Gasteiger partial charge in [-0.1, -0.05) is 129 Å². The lowest BCUT2D eigenvalue weighted by molar-refractivity contribution is -0.161. The third-order valence-corrected chi connectivity index (χ3v) is 8.87. The standard InChI is InChI=1S/C36H69O10P/c1-3-5-7-9-11-13-14-15-16-17-18-20-22-24-26-28-36(40)46-34(32-45-47(41,42)44-30-33(38)29-37)31-43-35(39)27-25-23-21-19-12-10-8-6-4-2/h18,20,33-34,37-38H,3-17,19,21-32H2,1-2H3,(H,41,42)/b20-18+/t33-,34+/m0/s1. The number of hydrogen-bond acceptors (Lipinski definition) is 9. The van der Waals surface area contributed by atoms with Gasteiger partial charge in [0.2, 0.25) is 0 Å². The highest BCUT2D eigenvalue weighted by Crippen LogP contribution is 2.43. The molecule has 0 bridgehead atoms. The fourth-order valence-electron chi connectivity index (χ4n) is 4.99. The van der Waals surface area contributed by atoms with Crippen LogP contribution < -0.4 is 0 Å². The number of allylic oxidation sites excluding steroid dienone is 2. The highest BCUT2D eigenvalue weighted by molar-refractivity contribution is 7.47. The normalized spacial score (nSPS) is 14.2. The molecule has 0 saturated carbocycles. The average molecular weight is 693 g/mol. The Labute approximate surface area is 286 Å². The number of carbonyl (C=O) groups is 2. The van der Waals surface area contributed by atoms with Crippen LogP contribution in [0.2, 0.25) is 0 Å². The molecular formula is C36H69O10P. The minimum Gasteiger partial charge on any atom is -0.462 e.